The number of nitrogen functional groups attached to an aromatic ring is 1. The molecule has 0 aliphatic heterocycles. The van der Waals surface area contributed by atoms with E-state index >= 15 is 0 Å². The molecule has 2 aromatic rings. The molecular formula is C12H10FIN2O2S. The summed E-state index contributed by atoms with van der Waals surface area (Å²) in [6.45, 7) is 0. The van der Waals surface area contributed by atoms with Crippen LogP contribution in [0.3, 0.4) is 0 Å². The van der Waals surface area contributed by atoms with E-state index in [1.165, 1.54) is 6.07 Å². The van der Waals surface area contributed by atoms with Gasteiger partial charge in [0.05, 0.1) is 0 Å². The summed E-state index contributed by atoms with van der Waals surface area (Å²) in [6, 6.07) is 10.1. The molecule has 0 bridgehead atoms. The highest BCUT2D eigenvalue weighted by Gasteiger charge is 2.19. The molecule has 0 aromatic heterocycles. The van der Waals surface area contributed by atoms with Gasteiger partial charge in [-0.15, -0.1) is 0 Å². The predicted octanol–water partition coefficient (Wildman–Crippen LogP) is 2.81. The number of hydrogen-bond donors (Lipinski definition) is 2. The first kappa shape index (κ1) is 14.1. The van der Waals surface area contributed by atoms with Gasteiger partial charge >= 0.3 is 0 Å². The minimum Gasteiger partial charge on any atom is -0.399 e. The van der Waals surface area contributed by atoms with Crippen LogP contribution in [0.1, 0.15) is 0 Å². The van der Waals surface area contributed by atoms with Crippen LogP contribution in [0.5, 0.6) is 0 Å². The maximum absolute atomic E-state index is 13.6. The van der Waals surface area contributed by atoms with Crippen LogP contribution in [0.15, 0.2) is 47.4 Å². The molecule has 2 aromatic carbocycles. The fourth-order valence-electron chi connectivity index (χ4n) is 1.45. The summed E-state index contributed by atoms with van der Waals surface area (Å²) in [5, 5.41) is 0. The van der Waals surface area contributed by atoms with Crippen molar-refractivity contribution in [2.45, 2.75) is 4.90 Å². The van der Waals surface area contributed by atoms with Crippen LogP contribution in [-0.2, 0) is 10.0 Å². The monoisotopic (exact) mass is 392 g/mol. The summed E-state index contributed by atoms with van der Waals surface area (Å²) in [5.41, 5.74) is 6.03. The average Bonchev–Trinajstić information content (AvgIpc) is 2.35. The summed E-state index contributed by atoms with van der Waals surface area (Å²) in [7, 11) is -3.99. The quantitative estimate of drug-likeness (QED) is 0.624. The Kier molecular flexibility index (Phi) is 3.95. The molecule has 0 atom stereocenters. The van der Waals surface area contributed by atoms with Crippen molar-refractivity contribution in [1.82, 2.24) is 0 Å². The molecule has 3 N–H and O–H groups in total. The Morgan fingerprint density at radius 1 is 1.11 bits per heavy atom. The molecule has 0 spiro atoms. The molecule has 19 heavy (non-hydrogen) atoms. The summed E-state index contributed by atoms with van der Waals surface area (Å²) >= 11 is 2.10. The Bertz CT molecular complexity index is 702. The standard InChI is InChI=1S/C12H10FIN2O2S/c13-11-6-3-9(15)7-12(11)19(17,18)16-10-4-1-8(14)2-5-10/h1-7,16H,15H2. The van der Waals surface area contributed by atoms with Crippen molar-refractivity contribution in [2.24, 2.45) is 0 Å². The van der Waals surface area contributed by atoms with E-state index in [0.717, 1.165) is 15.7 Å². The normalized spacial score (nSPS) is 11.3. The van der Waals surface area contributed by atoms with Gasteiger partial charge in [0.1, 0.15) is 10.7 Å². The van der Waals surface area contributed by atoms with Gasteiger partial charge in [-0.25, -0.2) is 12.8 Å². The van der Waals surface area contributed by atoms with Crippen molar-refractivity contribution in [1.29, 1.82) is 0 Å². The van der Waals surface area contributed by atoms with Gasteiger partial charge in [0.25, 0.3) is 10.0 Å². The molecule has 7 heteroatoms. The molecule has 0 heterocycles. The van der Waals surface area contributed by atoms with Gasteiger partial charge in [0.2, 0.25) is 0 Å². The van der Waals surface area contributed by atoms with Crippen LogP contribution >= 0.6 is 22.6 Å². The molecule has 100 valence electrons. The van der Waals surface area contributed by atoms with Crippen molar-refractivity contribution >= 4 is 44.0 Å². The molecule has 0 radical (unpaired) electrons. The van der Waals surface area contributed by atoms with Gasteiger partial charge in [-0.3, -0.25) is 4.72 Å². The number of hydrogen-bond acceptors (Lipinski definition) is 3. The fraction of sp³-hybridized carbons (Fsp3) is 0. The first-order valence-corrected chi connectivity index (χ1v) is 7.78. The van der Waals surface area contributed by atoms with E-state index in [9.17, 15) is 12.8 Å². The SMILES string of the molecule is Nc1ccc(F)c(S(=O)(=O)Nc2ccc(I)cc2)c1. The van der Waals surface area contributed by atoms with Gasteiger partial charge in [0.15, 0.2) is 0 Å². The zero-order chi connectivity index (χ0) is 14.0. The van der Waals surface area contributed by atoms with Crippen LogP contribution in [0.4, 0.5) is 15.8 Å². The van der Waals surface area contributed by atoms with Crippen molar-refractivity contribution in [2.75, 3.05) is 10.5 Å². The third-order valence-corrected chi connectivity index (χ3v) is 4.46. The van der Waals surface area contributed by atoms with E-state index in [1.807, 2.05) is 0 Å². The lowest BCUT2D eigenvalue weighted by atomic mass is 10.3. The van der Waals surface area contributed by atoms with Crippen LogP contribution in [-0.4, -0.2) is 8.42 Å². The highest BCUT2D eigenvalue weighted by atomic mass is 127. The second-order valence-corrected chi connectivity index (χ2v) is 6.70. The van der Waals surface area contributed by atoms with Crippen LogP contribution in [0, 0.1) is 9.39 Å². The van der Waals surface area contributed by atoms with E-state index in [1.54, 1.807) is 24.3 Å². The van der Waals surface area contributed by atoms with E-state index in [4.69, 9.17) is 5.73 Å². The smallest absolute Gasteiger partial charge is 0.264 e. The minimum absolute atomic E-state index is 0.185. The second-order valence-electron chi connectivity index (χ2n) is 3.80. The number of anilines is 2. The summed E-state index contributed by atoms with van der Waals surface area (Å²) in [6.07, 6.45) is 0. The Morgan fingerprint density at radius 3 is 2.37 bits per heavy atom. The largest absolute Gasteiger partial charge is 0.399 e. The van der Waals surface area contributed by atoms with Crippen molar-refractivity contribution < 1.29 is 12.8 Å². The highest BCUT2D eigenvalue weighted by molar-refractivity contribution is 14.1. The molecule has 0 aliphatic carbocycles. The Balaban J connectivity index is 2.37. The zero-order valence-corrected chi connectivity index (χ0v) is 12.6. The number of nitrogens with two attached hydrogens (primary N) is 1. The maximum Gasteiger partial charge on any atom is 0.264 e. The lowest BCUT2D eigenvalue weighted by Crippen LogP contribution is -2.14. The van der Waals surface area contributed by atoms with Crippen molar-refractivity contribution in [3.05, 3.63) is 51.9 Å². The highest BCUT2D eigenvalue weighted by Crippen LogP contribution is 2.21. The fourth-order valence-corrected chi connectivity index (χ4v) is 2.99. The number of rotatable bonds is 3. The van der Waals surface area contributed by atoms with Crippen LogP contribution in [0.25, 0.3) is 0 Å². The van der Waals surface area contributed by atoms with E-state index in [0.29, 0.717) is 5.69 Å². The Morgan fingerprint density at radius 2 is 1.74 bits per heavy atom. The third-order valence-electron chi connectivity index (χ3n) is 2.34. The first-order chi connectivity index (χ1) is 8.88. The van der Waals surface area contributed by atoms with Gasteiger partial charge in [-0.2, -0.15) is 0 Å². The molecule has 0 unspecified atom stereocenters. The number of nitrogens with one attached hydrogen (secondary N) is 1. The van der Waals surface area contributed by atoms with Crippen molar-refractivity contribution in [3.8, 4) is 0 Å². The van der Waals surface area contributed by atoms with Gasteiger partial charge in [0, 0.05) is 14.9 Å². The molecule has 0 amide bonds. The van der Waals surface area contributed by atoms with Crippen LogP contribution in [0.2, 0.25) is 0 Å². The predicted molar refractivity (Wildman–Crippen MR) is 80.8 cm³/mol. The topological polar surface area (TPSA) is 72.2 Å². The minimum atomic E-state index is -3.99. The van der Waals surface area contributed by atoms with E-state index < -0.39 is 20.7 Å². The van der Waals surface area contributed by atoms with Crippen LogP contribution < -0.4 is 10.5 Å². The lowest BCUT2D eigenvalue weighted by Gasteiger charge is -2.09. The van der Waals surface area contributed by atoms with Gasteiger partial charge in [-0.1, -0.05) is 0 Å². The number of halogens is 2. The Labute approximate surface area is 124 Å². The maximum atomic E-state index is 13.6. The molecule has 0 saturated heterocycles. The summed E-state index contributed by atoms with van der Waals surface area (Å²) < 4.78 is 40.9. The zero-order valence-electron chi connectivity index (χ0n) is 9.60. The molecule has 0 aliphatic rings. The lowest BCUT2D eigenvalue weighted by molar-refractivity contribution is 0.570. The molecule has 2 rings (SSSR count). The number of benzene rings is 2. The first-order valence-electron chi connectivity index (χ1n) is 5.22. The molecular weight excluding hydrogens is 382 g/mol. The third kappa shape index (κ3) is 3.35. The summed E-state index contributed by atoms with van der Waals surface area (Å²) in [4.78, 5) is -0.467. The van der Waals surface area contributed by atoms with Gasteiger partial charge < -0.3 is 5.73 Å². The van der Waals surface area contributed by atoms with E-state index in [2.05, 4.69) is 27.3 Å². The molecule has 0 fully saturated rings. The Hall–Kier alpha value is -1.35. The molecule has 4 nitrogen and oxygen atoms in total. The molecule has 0 saturated carbocycles. The summed E-state index contributed by atoms with van der Waals surface area (Å²) in [5.74, 6) is -0.841. The average molecular weight is 392 g/mol. The number of sulfonamides is 1. The second kappa shape index (κ2) is 5.33. The van der Waals surface area contributed by atoms with E-state index in [-0.39, 0.29) is 5.69 Å². The van der Waals surface area contributed by atoms with Crippen molar-refractivity contribution in [3.63, 3.8) is 0 Å². The van der Waals surface area contributed by atoms with Gasteiger partial charge in [-0.05, 0) is 65.1 Å².